The molecule has 0 saturated heterocycles. The number of pyridine rings is 2. The van der Waals surface area contributed by atoms with E-state index in [0.717, 1.165) is 5.69 Å². The summed E-state index contributed by atoms with van der Waals surface area (Å²) in [4.78, 5) is 25.6. The fourth-order valence-electron chi connectivity index (χ4n) is 3.15. The van der Waals surface area contributed by atoms with Crippen LogP contribution in [0.3, 0.4) is 0 Å². The summed E-state index contributed by atoms with van der Waals surface area (Å²) in [6, 6.07) is 9.31. The molecule has 1 saturated carbocycles. The monoisotopic (exact) mass is 348 g/mol. The Bertz CT molecular complexity index is 935. The van der Waals surface area contributed by atoms with Gasteiger partial charge in [-0.2, -0.15) is 0 Å². The van der Waals surface area contributed by atoms with Gasteiger partial charge in [0.25, 0.3) is 5.91 Å². The van der Waals surface area contributed by atoms with Gasteiger partial charge in [0.15, 0.2) is 0 Å². The highest BCUT2D eigenvalue weighted by molar-refractivity contribution is 6.02. The standard InChI is InChI=1S/C20H20N4O2/c1-11-5-4-6-18(23-11)24-20(25)17-9-14(7-12(2)22-17)26-15-8-16-13(3)19(16)21-10-15/h4-10,13,16,19H,1-3H3,(H,23,24,25). The van der Waals surface area contributed by atoms with Gasteiger partial charge >= 0.3 is 0 Å². The lowest BCUT2D eigenvalue weighted by molar-refractivity contribution is 0.102. The molecule has 132 valence electrons. The van der Waals surface area contributed by atoms with E-state index in [-0.39, 0.29) is 11.6 Å². The van der Waals surface area contributed by atoms with E-state index < -0.39 is 0 Å². The number of carbonyl (C=O) groups is 1. The van der Waals surface area contributed by atoms with Gasteiger partial charge in [0, 0.05) is 29.4 Å². The normalized spacial score (nSPS) is 23.0. The maximum Gasteiger partial charge on any atom is 0.275 e. The molecular weight excluding hydrogens is 328 g/mol. The third kappa shape index (κ3) is 3.35. The van der Waals surface area contributed by atoms with Crippen molar-refractivity contribution >= 4 is 17.9 Å². The first kappa shape index (κ1) is 16.4. The summed E-state index contributed by atoms with van der Waals surface area (Å²) in [6.07, 6.45) is 3.87. The van der Waals surface area contributed by atoms with Crippen molar-refractivity contribution in [3.8, 4) is 5.75 Å². The maximum atomic E-state index is 12.5. The highest BCUT2D eigenvalue weighted by Gasteiger charge is 2.46. The SMILES string of the molecule is Cc1cccc(NC(=O)c2cc(OC3=CC4C(C)C4N=C3)cc(C)n2)n1. The number of hydrogen-bond donors (Lipinski definition) is 1. The van der Waals surface area contributed by atoms with Crippen LogP contribution in [0.4, 0.5) is 5.82 Å². The number of fused-ring (bicyclic) bond motifs is 1. The van der Waals surface area contributed by atoms with Gasteiger partial charge in [-0.05, 0) is 38.0 Å². The molecule has 3 heterocycles. The van der Waals surface area contributed by atoms with Gasteiger partial charge in [-0.25, -0.2) is 9.97 Å². The van der Waals surface area contributed by atoms with Crippen molar-refractivity contribution in [2.24, 2.45) is 16.8 Å². The van der Waals surface area contributed by atoms with E-state index in [1.165, 1.54) is 0 Å². The number of nitrogens with zero attached hydrogens (tertiary/aromatic N) is 3. The second-order valence-corrected chi connectivity index (χ2v) is 6.82. The van der Waals surface area contributed by atoms with Crippen LogP contribution in [0.1, 0.15) is 28.8 Å². The second kappa shape index (κ2) is 6.37. The van der Waals surface area contributed by atoms with E-state index in [2.05, 4.69) is 33.3 Å². The number of aromatic nitrogens is 2. The molecule has 3 atom stereocenters. The van der Waals surface area contributed by atoms with Crippen molar-refractivity contribution in [2.75, 3.05) is 5.32 Å². The minimum absolute atomic E-state index is 0.286. The Hall–Kier alpha value is -3.02. The van der Waals surface area contributed by atoms with Gasteiger partial charge in [-0.15, -0.1) is 0 Å². The molecule has 0 spiro atoms. The van der Waals surface area contributed by atoms with Crippen LogP contribution in [0.25, 0.3) is 0 Å². The summed E-state index contributed by atoms with van der Waals surface area (Å²) < 4.78 is 5.92. The fourth-order valence-corrected chi connectivity index (χ4v) is 3.15. The van der Waals surface area contributed by atoms with E-state index in [1.807, 2.05) is 26.0 Å². The molecule has 4 rings (SSSR count). The molecule has 3 unspecified atom stereocenters. The molecule has 1 aliphatic heterocycles. The van der Waals surface area contributed by atoms with Crippen molar-refractivity contribution in [1.29, 1.82) is 0 Å². The Kier molecular flexibility index (Phi) is 4.03. The molecule has 2 aromatic rings. The molecule has 1 fully saturated rings. The first-order chi connectivity index (χ1) is 12.5. The van der Waals surface area contributed by atoms with Crippen molar-refractivity contribution in [1.82, 2.24) is 9.97 Å². The Morgan fingerprint density at radius 2 is 2.00 bits per heavy atom. The molecule has 26 heavy (non-hydrogen) atoms. The van der Waals surface area contributed by atoms with Crippen LogP contribution in [-0.4, -0.2) is 28.1 Å². The molecule has 0 aromatic carbocycles. The minimum atomic E-state index is -0.321. The number of hydrogen-bond acceptors (Lipinski definition) is 5. The molecule has 1 N–H and O–H groups in total. The predicted molar refractivity (Wildman–Crippen MR) is 99.5 cm³/mol. The van der Waals surface area contributed by atoms with E-state index >= 15 is 0 Å². The zero-order valence-corrected chi connectivity index (χ0v) is 14.9. The summed E-state index contributed by atoms with van der Waals surface area (Å²) in [6.45, 7) is 5.89. The van der Waals surface area contributed by atoms with Gasteiger partial charge in [-0.1, -0.05) is 13.0 Å². The van der Waals surface area contributed by atoms with Crippen LogP contribution in [-0.2, 0) is 0 Å². The Labute approximate surface area is 152 Å². The number of dihydropyridines is 1. The smallest absolute Gasteiger partial charge is 0.275 e. The van der Waals surface area contributed by atoms with Gasteiger partial charge in [0.1, 0.15) is 23.0 Å². The molecule has 1 amide bonds. The van der Waals surface area contributed by atoms with Crippen LogP contribution in [0.2, 0.25) is 0 Å². The number of carbonyl (C=O) groups excluding carboxylic acids is 1. The fraction of sp³-hybridized carbons (Fsp3) is 0.300. The molecule has 6 heteroatoms. The van der Waals surface area contributed by atoms with Crippen molar-refractivity contribution in [2.45, 2.75) is 26.8 Å². The van der Waals surface area contributed by atoms with Crippen molar-refractivity contribution in [3.63, 3.8) is 0 Å². The van der Waals surface area contributed by atoms with Crippen LogP contribution < -0.4 is 10.1 Å². The van der Waals surface area contributed by atoms with Crippen LogP contribution >= 0.6 is 0 Å². The predicted octanol–water partition coefficient (Wildman–Crippen LogP) is 3.33. The lowest BCUT2D eigenvalue weighted by atomic mass is 10.2. The second-order valence-electron chi connectivity index (χ2n) is 6.82. The maximum absolute atomic E-state index is 12.5. The third-order valence-corrected chi connectivity index (χ3v) is 4.66. The molecule has 0 radical (unpaired) electrons. The van der Waals surface area contributed by atoms with Crippen molar-refractivity contribution < 1.29 is 9.53 Å². The Morgan fingerprint density at radius 3 is 2.77 bits per heavy atom. The largest absolute Gasteiger partial charge is 0.456 e. The topological polar surface area (TPSA) is 76.5 Å². The highest BCUT2D eigenvalue weighted by atomic mass is 16.5. The van der Waals surface area contributed by atoms with E-state index in [1.54, 1.807) is 24.4 Å². The summed E-state index contributed by atoms with van der Waals surface area (Å²) in [7, 11) is 0. The van der Waals surface area contributed by atoms with Crippen LogP contribution in [0, 0.1) is 25.7 Å². The zero-order chi connectivity index (χ0) is 18.3. The number of amides is 1. The minimum Gasteiger partial charge on any atom is -0.456 e. The first-order valence-corrected chi connectivity index (χ1v) is 8.66. The molecule has 1 aliphatic carbocycles. The lowest BCUT2D eigenvalue weighted by Gasteiger charge is -2.11. The molecule has 0 bridgehead atoms. The Balaban J connectivity index is 1.51. The van der Waals surface area contributed by atoms with Crippen LogP contribution in [0.15, 0.2) is 47.2 Å². The molecule has 6 nitrogen and oxygen atoms in total. The number of ether oxygens (including phenoxy) is 1. The third-order valence-electron chi connectivity index (χ3n) is 4.66. The number of anilines is 1. The summed E-state index contributed by atoms with van der Waals surface area (Å²) in [5.41, 5.74) is 1.82. The lowest BCUT2D eigenvalue weighted by Crippen LogP contribution is -2.15. The van der Waals surface area contributed by atoms with E-state index in [9.17, 15) is 4.79 Å². The van der Waals surface area contributed by atoms with Crippen LogP contribution in [0.5, 0.6) is 5.75 Å². The zero-order valence-electron chi connectivity index (χ0n) is 14.9. The van der Waals surface area contributed by atoms with Gasteiger partial charge in [0.05, 0.1) is 12.3 Å². The average Bonchev–Trinajstić information content (AvgIpc) is 3.24. The number of aryl methyl sites for hydroxylation is 2. The van der Waals surface area contributed by atoms with E-state index in [4.69, 9.17) is 4.74 Å². The Morgan fingerprint density at radius 1 is 1.15 bits per heavy atom. The number of aliphatic imine (C=N–C) groups is 1. The summed E-state index contributed by atoms with van der Waals surface area (Å²) in [5.74, 6) is 2.51. The number of allylic oxidation sites excluding steroid dienone is 1. The number of rotatable bonds is 4. The number of nitrogens with one attached hydrogen (secondary N) is 1. The van der Waals surface area contributed by atoms with Gasteiger partial charge < -0.3 is 10.1 Å². The quantitative estimate of drug-likeness (QED) is 0.919. The molecular formula is C20H20N4O2. The molecule has 2 aromatic heterocycles. The van der Waals surface area contributed by atoms with Gasteiger partial charge in [0.2, 0.25) is 0 Å². The first-order valence-electron chi connectivity index (χ1n) is 8.66. The molecule has 2 aliphatic rings. The highest BCUT2D eigenvalue weighted by Crippen LogP contribution is 2.45. The summed E-state index contributed by atoms with van der Waals surface area (Å²) in [5, 5.41) is 2.77. The summed E-state index contributed by atoms with van der Waals surface area (Å²) >= 11 is 0. The van der Waals surface area contributed by atoms with Gasteiger partial charge in [-0.3, -0.25) is 9.79 Å². The van der Waals surface area contributed by atoms with Crippen molar-refractivity contribution in [3.05, 3.63) is 59.2 Å². The van der Waals surface area contributed by atoms with E-state index in [0.29, 0.717) is 40.9 Å². The average molecular weight is 348 g/mol.